The largest absolute Gasteiger partial charge is 0.303 e. The van der Waals surface area contributed by atoms with Crippen LogP contribution >= 0.6 is 15.9 Å². The molecule has 82 valence electrons. The average Bonchev–Trinajstić information content (AvgIpc) is 2.28. The van der Waals surface area contributed by atoms with Crippen molar-refractivity contribution in [1.29, 1.82) is 0 Å². The van der Waals surface area contributed by atoms with Crippen LogP contribution in [0.4, 0.5) is 0 Å². The van der Waals surface area contributed by atoms with Crippen LogP contribution in [-0.4, -0.2) is 25.3 Å². The predicted molar refractivity (Wildman–Crippen MR) is 72.9 cm³/mol. The van der Waals surface area contributed by atoms with Crippen molar-refractivity contribution in [1.82, 2.24) is 5.01 Å². The molecule has 2 aromatic carbocycles. The smallest absolute Gasteiger partial charge is 0.0554 e. The third-order valence-corrected chi connectivity index (χ3v) is 3.21. The minimum atomic E-state index is 1.09. The maximum absolute atomic E-state index is 4.24. The molecule has 0 aliphatic carbocycles. The van der Waals surface area contributed by atoms with Crippen LogP contribution in [-0.2, 0) is 0 Å². The number of hydrazone groups is 1. The fourth-order valence-corrected chi connectivity index (χ4v) is 2.12. The van der Waals surface area contributed by atoms with Crippen molar-refractivity contribution in [2.24, 2.45) is 5.10 Å². The first-order valence-electron chi connectivity index (χ1n) is 5.07. The highest BCUT2D eigenvalue weighted by molar-refractivity contribution is 9.10. The van der Waals surface area contributed by atoms with E-state index in [9.17, 15) is 0 Å². The summed E-state index contributed by atoms with van der Waals surface area (Å²) in [7, 11) is 3.82. The standard InChI is InChI=1S/C13H13BrN2/c1-16(2)15-9-11-8-7-10-5-3-4-6-12(10)13(11)14/h3-9H,1-2H3. The van der Waals surface area contributed by atoms with Crippen LogP contribution in [0.15, 0.2) is 46.0 Å². The fraction of sp³-hybridized carbons (Fsp3) is 0.154. The summed E-state index contributed by atoms with van der Waals surface area (Å²) in [6.07, 6.45) is 1.86. The van der Waals surface area contributed by atoms with E-state index in [0.717, 1.165) is 10.0 Å². The van der Waals surface area contributed by atoms with Crippen LogP contribution in [0.5, 0.6) is 0 Å². The molecule has 0 aliphatic heterocycles. The normalized spacial score (nSPS) is 11.2. The molecule has 0 amide bonds. The molecule has 0 bridgehead atoms. The van der Waals surface area contributed by atoms with Gasteiger partial charge in [-0.25, -0.2) is 0 Å². The van der Waals surface area contributed by atoms with Crippen molar-refractivity contribution in [3.63, 3.8) is 0 Å². The molecule has 2 nitrogen and oxygen atoms in total. The second-order valence-electron chi connectivity index (χ2n) is 3.78. The molecule has 0 saturated heterocycles. The molecule has 0 aromatic heterocycles. The van der Waals surface area contributed by atoms with Crippen LogP contribution in [0.25, 0.3) is 10.8 Å². The summed E-state index contributed by atoms with van der Waals surface area (Å²) in [5.74, 6) is 0. The fourth-order valence-electron chi connectivity index (χ4n) is 1.53. The van der Waals surface area contributed by atoms with Gasteiger partial charge < -0.3 is 5.01 Å². The zero-order valence-electron chi connectivity index (χ0n) is 9.31. The van der Waals surface area contributed by atoms with Crippen LogP contribution in [0.3, 0.4) is 0 Å². The number of fused-ring (bicyclic) bond motifs is 1. The molecular weight excluding hydrogens is 264 g/mol. The summed E-state index contributed by atoms with van der Waals surface area (Å²) in [5.41, 5.74) is 1.09. The van der Waals surface area contributed by atoms with E-state index in [1.54, 1.807) is 5.01 Å². The molecular formula is C13H13BrN2. The van der Waals surface area contributed by atoms with E-state index in [1.165, 1.54) is 10.8 Å². The lowest BCUT2D eigenvalue weighted by molar-refractivity contribution is 0.440. The van der Waals surface area contributed by atoms with Gasteiger partial charge in [0.05, 0.1) is 6.21 Å². The second-order valence-corrected chi connectivity index (χ2v) is 4.57. The molecule has 0 unspecified atom stereocenters. The van der Waals surface area contributed by atoms with Gasteiger partial charge in [-0.1, -0.05) is 36.4 Å². The van der Waals surface area contributed by atoms with Gasteiger partial charge in [0, 0.05) is 24.1 Å². The van der Waals surface area contributed by atoms with Crippen molar-refractivity contribution in [3.8, 4) is 0 Å². The van der Waals surface area contributed by atoms with E-state index < -0.39 is 0 Å². The molecule has 0 aliphatic rings. The van der Waals surface area contributed by atoms with Crippen molar-refractivity contribution in [2.75, 3.05) is 14.1 Å². The number of rotatable bonds is 2. The van der Waals surface area contributed by atoms with E-state index in [0.29, 0.717) is 0 Å². The monoisotopic (exact) mass is 276 g/mol. The van der Waals surface area contributed by atoms with Crippen LogP contribution < -0.4 is 0 Å². The average molecular weight is 277 g/mol. The molecule has 0 fully saturated rings. The molecule has 2 aromatic rings. The zero-order chi connectivity index (χ0) is 11.5. The highest BCUT2D eigenvalue weighted by atomic mass is 79.9. The van der Waals surface area contributed by atoms with Crippen molar-refractivity contribution >= 4 is 32.9 Å². The number of nitrogens with zero attached hydrogens (tertiary/aromatic N) is 2. The molecule has 0 atom stereocenters. The minimum absolute atomic E-state index is 1.09. The maximum atomic E-state index is 4.24. The van der Waals surface area contributed by atoms with Gasteiger partial charge in [0.15, 0.2) is 0 Å². The summed E-state index contributed by atoms with van der Waals surface area (Å²) in [4.78, 5) is 0. The summed E-state index contributed by atoms with van der Waals surface area (Å²) in [5, 5.41) is 8.47. The Morgan fingerprint density at radius 2 is 1.88 bits per heavy atom. The van der Waals surface area contributed by atoms with E-state index in [1.807, 2.05) is 32.4 Å². The molecule has 0 radical (unpaired) electrons. The molecule has 0 spiro atoms. The third kappa shape index (κ3) is 2.25. The lowest BCUT2D eigenvalue weighted by Gasteiger charge is -2.06. The first-order valence-corrected chi connectivity index (χ1v) is 5.86. The van der Waals surface area contributed by atoms with E-state index >= 15 is 0 Å². The molecule has 16 heavy (non-hydrogen) atoms. The van der Waals surface area contributed by atoms with Gasteiger partial charge in [0.25, 0.3) is 0 Å². The van der Waals surface area contributed by atoms with Crippen LogP contribution in [0.2, 0.25) is 0 Å². The Balaban J connectivity index is 2.52. The molecule has 0 heterocycles. The lowest BCUT2D eigenvalue weighted by Crippen LogP contribution is -2.02. The zero-order valence-corrected chi connectivity index (χ0v) is 10.9. The number of hydrogen-bond acceptors (Lipinski definition) is 2. The topological polar surface area (TPSA) is 15.6 Å². The molecule has 2 rings (SSSR count). The SMILES string of the molecule is CN(C)N=Cc1ccc2ccccc2c1Br. The highest BCUT2D eigenvalue weighted by Crippen LogP contribution is 2.26. The van der Waals surface area contributed by atoms with E-state index in [4.69, 9.17) is 0 Å². The van der Waals surface area contributed by atoms with Crippen molar-refractivity contribution in [3.05, 3.63) is 46.4 Å². The van der Waals surface area contributed by atoms with Gasteiger partial charge >= 0.3 is 0 Å². The third-order valence-electron chi connectivity index (χ3n) is 2.32. The van der Waals surface area contributed by atoms with E-state index in [-0.39, 0.29) is 0 Å². The summed E-state index contributed by atoms with van der Waals surface area (Å²) >= 11 is 3.62. The highest BCUT2D eigenvalue weighted by Gasteiger charge is 2.02. The number of benzene rings is 2. The Bertz CT molecular complexity index is 532. The Kier molecular flexibility index (Phi) is 3.25. The lowest BCUT2D eigenvalue weighted by atomic mass is 10.1. The minimum Gasteiger partial charge on any atom is -0.303 e. The Hall–Kier alpha value is -1.35. The van der Waals surface area contributed by atoms with Gasteiger partial charge in [-0.15, -0.1) is 0 Å². The maximum Gasteiger partial charge on any atom is 0.0554 e. The Morgan fingerprint density at radius 3 is 2.62 bits per heavy atom. The first-order chi connectivity index (χ1) is 7.68. The molecule has 0 saturated carbocycles. The Morgan fingerprint density at radius 1 is 1.12 bits per heavy atom. The van der Waals surface area contributed by atoms with Crippen LogP contribution in [0.1, 0.15) is 5.56 Å². The van der Waals surface area contributed by atoms with Crippen LogP contribution in [0, 0.1) is 0 Å². The first kappa shape index (κ1) is 11.1. The quantitative estimate of drug-likeness (QED) is 0.606. The summed E-state index contributed by atoms with van der Waals surface area (Å²) in [6.45, 7) is 0. The number of halogens is 1. The van der Waals surface area contributed by atoms with Gasteiger partial charge in [-0.2, -0.15) is 5.10 Å². The number of hydrogen-bond donors (Lipinski definition) is 0. The van der Waals surface area contributed by atoms with Gasteiger partial charge in [-0.05, 0) is 26.7 Å². The Labute approximate surface area is 104 Å². The summed E-state index contributed by atoms with van der Waals surface area (Å²) < 4.78 is 1.09. The van der Waals surface area contributed by atoms with E-state index in [2.05, 4.69) is 45.3 Å². The second kappa shape index (κ2) is 4.66. The van der Waals surface area contributed by atoms with Gasteiger partial charge in [-0.3, -0.25) is 0 Å². The van der Waals surface area contributed by atoms with Crippen molar-refractivity contribution in [2.45, 2.75) is 0 Å². The molecule has 3 heteroatoms. The molecule has 0 N–H and O–H groups in total. The van der Waals surface area contributed by atoms with Gasteiger partial charge in [0.1, 0.15) is 0 Å². The predicted octanol–water partition coefficient (Wildman–Crippen LogP) is 3.50. The van der Waals surface area contributed by atoms with Crippen molar-refractivity contribution < 1.29 is 0 Å². The summed E-state index contributed by atoms with van der Waals surface area (Å²) in [6, 6.07) is 12.5. The van der Waals surface area contributed by atoms with Gasteiger partial charge in [0.2, 0.25) is 0 Å².